The Bertz CT molecular complexity index is 1370. The number of methoxy groups -OCH3 is 1. The molecule has 4 aromatic rings. The minimum absolute atomic E-state index is 0.0338. The number of nitrogens with zero attached hydrogens (tertiary/aromatic N) is 4. The summed E-state index contributed by atoms with van der Waals surface area (Å²) in [5, 5.41) is 12.4. The Morgan fingerprint density at radius 1 is 1.09 bits per heavy atom. The van der Waals surface area contributed by atoms with Crippen LogP contribution in [0.15, 0.2) is 59.5 Å². The van der Waals surface area contributed by atoms with E-state index in [9.17, 15) is 12.8 Å². The maximum atomic E-state index is 13.6. The highest BCUT2D eigenvalue weighted by molar-refractivity contribution is 7.89. The molecule has 1 N–H and O–H groups in total. The Labute approximate surface area is 183 Å². The van der Waals surface area contributed by atoms with Crippen LogP contribution in [0.4, 0.5) is 4.39 Å². The number of sulfonamides is 1. The van der Waals surface area contributed by atoms with Crippen molar-refractivity contribution >= 4 is 15.7 Å². The summed E-state index contributed by atoms with van der Waals surface area (Å²) in [6.07, 6.45) is 0. The Hall–Kier alpha value is -3.57. The quantitative estimate of drug-likeness (QED) is 0.405. The van der Waals surface area contributed by atoms with Crippen molar-refractivity contribution in [3.05, 3.63) is 66.0 Å². The number of hydrogen-bond acceptors (Lipinski definition) is 7. The van der Waals surface area contributed by atoms with Gasteiger partial charge >= 0.3 is 0 Å². The van der Waals surface area contributed by atoms with Crippen LogP contribution in [0.3, 0.4) is 0 Å². The fourth-order valence-corrected chi connectivity index (χ4v) is 4.19. The van der Waals surface area contributed by atoms with Crippen molar-refractivity contribution in [1.82, 2.24) is 24.5 Å². The van der Waals surface area contributed by atoms with Gasteiger partial charge in [0.15, 0.2) is 11.5 Å². The first-order valence-electron chi connectivity index (χ1n) is 9.63. The first-order chi connectivity index (χ1) is 15.4. The third-order valence-electron chi connectivity index (χ3n) is 4.64. The summed E-state index contributed by atoms with van der Waals surface area (Å²) in [5.74, 6) is 0.821. The lowest BCUT2D eigenvalue weighted by Crippen LogP contribution is -2.28. The van der Waals surface area contributed by atoms with Gasteiger partial charge in [0.05, 0.1) is 12.0 Å². The Morgan fingerprint density at radius 3 is 2.69 bits per heavy atom. The largest absolute Gasteiger partial charge is 0.496 e. The van der Waals surface area contributed by atoms with Gasteiger partial charge in [0.25, 0.3) is 0 Å². The van der Waals surface area contributed by atoms with Crippen LogP contribution in [0.25, 0.3) is 17.0 Å². The summed E-state index contributed by atoms with van der Waals surface area (Å²) in [7, 11) is -2.18. The SMILES string of the molecule is COc1ccc(S(=O)(=O)NCCOc2ccc3nnc(-c4cccc(F)c4)n3n2)cc1C. The average molecular weight is 457 g/mol. The molecule has 0 amide bonds. The summed E-state index contributed by atoms with van der Waals surface area (Å²) in [6, 6.07) is 13.8. The molecular weight excluding hydrogens is 437 g/mol. The Balaban J connectivity index is 1.42. The van der Waals surface area contributed by atoms with Crippen LogP contribution in [0.5, 0.6) is 11.6 Å². The molecule has 32 heavy (non-hydrogen) atoms. The second-order valence-electron chi connectivity index (χ2n) is 6.85. The lowest BCUT2D eigenvalue weighted by molar-refractivity contribution is 0.306. The smallest absolute Gasteiger partial charge is 0.240 e. The first-order valence-corrected chi connectivity index (χ1v) is 11.1. The van der Waals surface area contributed by atoms with Crippen LogP contribution in [-0.4, -0.2) is 48.5 Å². The van der Waals surface area contributed by atoms with Gasteiger partial charge in [-0.3, -0.25) is 0 Å². The Morgan fingerprint density at radius 2 is 1.94 bits per heavy atom. The normalized spacial score (nSPS) is 11.6. The predicted molar refractivity (Wildman–Crippen MR) is 115 cm³/mol. The summed E-state index contributed by atoms with van der Waals surface area (Å²) in [4.78, 5) is 0.138. The molecule has 0 saturated carbocycles. The maximum absolute atomic E-state index is 13.6. The van der Waals surface area contributed by atoms with E-state index in [1.54, 1.807) is 37.3 Å². The van der Waals surface area contributed by atoms with Gasteiger partial charge in [-0.05, 0) is 48.9 Å². The van der Waals surface area contributed by atoms with E-state index in [2.05, 4.69) is 20.0 Å². The monoisotopic (exact) mass is 457 g/mol. The fourth-order valence-electron chi connectivity index (χ4n) is 3.09. The van der Waals surface area contributed by atoms with Gasteiger partial charge in [-0.2, -0.15) is 4.52 Å². The number of aryl methyl sites for hydroxylation is 1. The zero-order chi connectivity index (χ0) is 22.7. The van der Waals surface area contributed by atoms with Crippen molar-refractivity contribution in [1.29, 1.82) is 0 Å². The lowest BCUT2D eigenvalue weighted by Gasteiger charge is -2.10. The minimum atomic E-state index is -3.70. The average Bonchev–Trinajstić information content (AvgIpc) is 3.20. The molecule has 2 heterocycles. The van der Waals surface area contributed by atoms with Gasteiger partial charge in [0.2, 0.25) is 15.9 Å². The predicted octanol–water partition coefficient (Wildman–Crippen LogP) is 2.60. The van der Waals surface area contributed by atoms with E-state index in [-0.39, 0.29) is 23.9 Å². The number of fused-ring (bicyclic) bond motifs is 1. The zero-order valence-corrected chi connectivity index (χ0v) is 18.1. The van der Waals surface area contributed by atoms with Crippen LogP contribution >= 0.6 is 0 Å². The molecule has 2 aromatic heterocycles. The van der Waals surface area contributed by atoms with Gasteiger partial charge in [-0.25, -0.2) is 17.5 Å². The van der Waals surface area contributed by atoms with Crippen LogP contribution in [-0.2, 0) is 10.0 Å². The van der Waals surface area contributed by atoms with Gasteiger partial charge in [-0.15, -0.1) is 15.3 Å². The standard InChI is InChI=1S/C21H20FN5O4S/c1-14-12-17(6-7-18(14)30-2)32(28,29)23-10-11-31-20-9-8-19-24-25-21(27(19)26-20)15-4-3-5-16(22)13-15/h3-9,12-13,23H,10-11H2,1-2H3. The highest BCUT2D eigenvalue weighted by Gasteiger charge is 2.15. The topological polar surface area (TPSA) is 108 Å². The third-order valence-corrected chi connectivity index (χ3v) is 6.10. The molecule has 4 rings (SSSR count). The van der Waals surface area contributed by atoms with E-state index in [1.807, 2.05) is 0 Å². The van der Waals surface area contributed by atoms with Gasteiger partial charge in [-0.1, -0.05) is 12.1 Å². The maximum Gasteiger partial charge on any atom is 0.240 e. The van der Waals surface area contributed by atoms with E-state index in [0.717, 1.165) is 0 Å². The van der Waals surface area contributed by atoms with E-state index >= 15 is 0 Å². The summed E-state index contributed by atoms with van der Waals surface area (Å²) >= 11 is 0. The van der Waals surface area contributed by atoms with Crippen molar-refractivity contribution in [2.24, 2.45) is 0 Å². The zero-order valence-electron chi connectivity index (χ0n) is 17.3. The molecule has 0 saturated heterocycles. The Kier molecular flexibility index (Phi) is 6.01. The molecule has 0 spiro atoms. The van der Waals surface area contributed by atoms with E-state index in [4.69, 9.17) is 9.47 Å². The molecule has 0 aliphatic heterocycles. The number of hydrogen-bond donors (Lipinski definition) is 1. The number of ether oxygens (including phenoxy) is 2. The molecule has 0 fully saturated rings. The summed E-state index contributed by atoms with van der Waals surface area (Å²) < 4.78 is 53.2. The highest BCUT2D eigenvalue weighted by atomic mass is 32.2. The molecule has 166 valence electrons. The summed E-state index contributed by atoms with van der Waals surface area (Å²) in [5.41, 5.74) is 1.70. The van der Waals surface area contributed by atoms with Crippen molar-refractivity contribution in [2.45, 2.75) is 11.8 Å². The summed E-state index contributed by atoms with van der Waals surface area (Å²) in [6.45, 7) is 1.85. The minimum Gasteiger partial charge on any atom is -0.496 e. The lowest BCUT2D eigenvalue weighted by atomic mass is 10.2. The van der Waals surface area contributed by atoms with Crippen molar-refractivity contribution in [3.8, 4) is 23.0 Å². The molecule has 0 aliphatic rings. The second kappa shape index (κ2) is 8.89. The van der Waals surface area contributed by atoms with Crippen molar-refractivity contribution in [2.75, 3.05) is 20.3 Å². The molecule has 0 atom stereocenters. The van der Waals surface area contributed by atoms with E-state index in [0.29, 0.717) is 28.3 Å². The molecule has 0 unspecified atom stereocenters. The van der Waals surface area contributed by atoms with Crippen LogP contribution in [0.1, 0.15) is 5.56 Å². The third kappa shape index (κ3) is 4.53. The van der Waals surface area contributed by atoms with Gasteiger partial charge in [0, 0.05) is 18.2 Å². The molecule has 2 aromatic carbocycles. The number of benzene rings is 2. The van der Waals surface area contributed by atoms with E-state index < -0.39 is 15.8 Å². The van der Waals surface area contributed by atoms with Gasteiger partial charge < -0.3 is 9.47 Å². The number of halogens is 1. The fraction of sp³-hybridized carbons (Fsp3) is 0.190. The van der Waals surface area contributed by atoms with Crippen molar-refractivity contribution in [3.63, 3.8) is 0 Å². The molecule has 9 nitrogen and oxygen atoms in total. The van der Waals surface area contributed by atoms with E-state index in [1.165, 1.54) is 35.9 Å². The van der Waals surface area contributed by atoms with Gasteiger partial charge in [0.1, 0.15) is 18.2 Å². The van der Waals surface area contributed by atoms with Crippen LogP contribution in [0, 0.1) is 12.7 Å². The second-order valence-corrected chi connectivity index (χ2v) is 8.62. The highest BCUT2D eigenvalue weighted by Crippen LogP contribution is 2.22. The first kappa shape index (κ1) is 21.7. The molecule has 11 heteroatoms. The number of aromatic nitrogens is 4. The number of rotatable bonds is 8. The molecular formula is C21H20FN5O4S. The molecule has 0 aliphatic carbocycles. The van der Waals surface area contributed by atoms with Crippen molar-refractivity contribution < 1.29 is 22.3 Å². The van der Waals surface area contributed by atoms with Crippen LogP contribution < -0.4 is 14.2 Å². The van der Waals surface area contributed by atoms with Crippen LogP contribution in [0.2, 0.25) is 0 Å². The molecule has 0 bridgehead atoms. The molecule has 0 radical (unpaired) electrons. The number of nitrogens with one attached hydrogen (secondary N) is 1.